The van der Waals surface area contributed by atoms with Gasteiger partial charge < -0.3 is 15.2 Å². The van der Waals surface area contributed by atoms with Crippen LogP contribution in [0, 0.1) is 0 Å². The fourth-order valence-electron chi connectivity index (χ4n) is 2.43. The van der Waals surface area contributed by atoms with Gasteiger partial charge in [0.05, 0.1) is 12.8 Å². The highest BCUT2D eigenvalue weighted by Gasteiger charge is 2.22. The summed E-state index contributed by atoms with van der Waals surface area (Å²) in [6.07, 6.45) is 0.634. The molecule has 0 radical (unpaired) electrons. The van der Waals surface area contributed by atoms with Crippen molar-refractivity contribution in [2.75, 3.05) is 13.7 Å². The van der Waals surface area contributed by atoms with Gasteiger partial charge >= 0.3 is 5.97 Å². The van der Waals surface area contributed by atoms with E-state index in [1.165, 1.54) is 0 Å². The predicted octanol–water partition coefficient (Wildman–Crippen LogP) is 1.50. The molecule has 0 aliphatic carbocycles. The van der Waals surface area contributed by atoms with Crippen LogP contribution in [-0.2, 0) is 13.0 Å². The third-order valence-corrected chi connectivity index (χ3v) is 3.47. The Bertz CT molecular complexity index is 701. The summed E-state index contributed by atoms with van der Waals surface area (Å²) < 4.78 is 5.18. The van der Waals surface area contributed by atoms with Crippen LogP contribution in [0.1, 0.15) is 21.7 Å². The molecule has 1 aliphatic rings. The quantitative estimate of drug-likeness (QED) is 0.889. The van der Waals surface area contributed by atoms with Crippen molar-refractivity contribution in [3.8, 4) is 17.1 Å². The highest BCUT2D eigenvalue weighted by molar-refractivity contribution is 5.88. The molecule has 0 fully saturated rings. The van der Waals surface area contributed by atoms with Crippen LogP contribution in [0.3, 0.4) is 0 Å². The van der Waals surface area contributed by atoms with E-state index in [2.05, 4.69) is 15.3 Å². The number of nitrogens with zero attached hydrogens (tertiary/aromatic N) is 2. The van der Waals surface area contributed by atoms with E-state index >= 15 is 0 Å². The number of methoxy groups -OCH3 is 1. The summed E-state index contributed by atoms with van der Waals surface area (Å²) in [7, 11) is 1.58. The monoisotopic (exact) mass is 285 g/mol. The Kier molecular flexibility index (Phi) is 3.53. The molecule has 108 valence electrons. The second-order valence-electron chi connectivity index (χ2n) is 4.78. The van der Waals surface area contributed by atoms with Gasteiger partial charge in [0, 0.05) is 17.7 Å². The molecule has 6 nitrogen and oxygen atoms in total. The van der Waals surface area contributed by atoms with Crippen LogP contribution in [0.15, 0.2) is 24.3 Å². The molecule has 0 saturated heterocycles. The standard InChI is InChI=1S/C15H15N3O3/c1-21-10-4-2-3-9(7-10)14-17-12-8-16-6-5-11(12)13(18-14)15(19)20/h2-4,7,16H,5-6,8H2,1H3,(H,19,20). The van der Waals surface area contributed by atoms with Gasteiger partial charge in [-0.3, -0.25) is 0 Å². The molecule has 2 aromatic rings. The third-order valence-electron chi connectivity index (χ3n) is 3.47. The molecule has 2 N–H and O–H groups in total. The van der Waals surface area contributed by atoms with E-state index in [4.69, 9.17) is 4.74 Å². The van der Waals surface area contributed by atoms with Gasteiger partial charge in [-0.05, 0) is 25.1 Å². The second-order valence-corrected chi connectivity index (χ2v) is 4.78. The zero-order chi connectivity index (χ0) is 14.8. The molecular weight excluding hydrogens is 270 g/mol. The van der Waals surface area contributed by atoms with E-state index in [0.29, 0.717) is 24.5 Å². The third kappa shape index (κ3) is 2.57. The average molecular weight is 285 g/mol. The van der Waals surface area contributed by atoms with E-state index in [-0.39, 0.29) is 5.69 Å². The van der Waals surface area contributed by atoms with Crippen LogP contribution in [0.4, 0.5) is 0 Å². The number of aromatic carboxylic acids is 1. The van der Waals surface area contributed by atoms with Gasteiger partial charge in [0.2, 0.25) is 0 Å². The Hall–Kier alpha value is -2.47. The molecule has 2 heterocycles. The van der Waals surface area contributed by atoms with Crippen molar-refractivity contribution in [1.29, 1.82) is 0 Å². The van der Waals surface area contributed by atoms with Gasteiger partial charge in [-0.15, -0.1) is 0 Å². The first kappa shape index (κ1) is 13.5. The smallest absolute Gasteiger partial charge is 0.354 e. The molecule has 0 spiro atoms. The number of nitrogens with one attached hydrogen (secondary N) is 1. The molecule has 21 heavy (non-hydrogen) atoms. The molecule has 1 aromatic carbocycles. The van der Waals surface area contributed by atoms with Crippen molar-refractivity contribution in [1.82, 2.24) is 15.3 Å². The molecule has 3 rings (SSSR count). The molecule has 0 amide bonds. The first-order chi connectivity index (χ1) is 10.2. The zero-order valence-corrected chi connectivity index (χ0v) is 11.6. The molecule has 1 aromatic heterocycles. The first-order valence-corrected chi connectivity index (χ1v) is 6.67. The SMILES string of the molecule is COc1cccc(-c2nc3c(c(C(=O)O)n2)CCNC3)c1. The summed E-state index contributed by atoms with van der Waals surface area (Å²) in [5.74, 6) is 0.0808. The van der Waals surface area contributed by atoms with E-state index in [1.807, 2.05) is 18.2 Å². The molecular formula is C15H15N3O3. The van der Waals surface area contributed by atoms with Crippen molar-refractivity contribution in [2.45, 2.75) is 13.0 Å². The van der Waals surface area contributed by atoms with Crippen molar-refractivity contribution in [3.05, 3.63) is 41.2 Å². The lowest BCUT2D eigenvalue weighted by atomic mass is 10.0. The van der Waals surface area contributed by atoms with E-state index in [9.17, 15) is 9.90 Å². The lowest BCUT2D eigenvalue weighted by molar-refractivity contribution is 0.0688. The Labute approximate surface area is 121 Å². The number of hydrogen-bond donors (Lipinski definition) is 2. The maximum absolute atomic E-state index is 11.4. The summed E-state index contributed by atoms with van der Waals surface area (Å²) in [6, 6.07) is 7.28. The number of rotatable bonds is 3. The van der Waals surface area contributed by atoms with Crippen LogP contribution in [0.2, 0.25) is 0 Å². The lowest BCUT2D eigenvalue weighted by Gasteiger charge is -2.18. The highest BCUT2D eigenvalue weighted by Crippen LogP contribution is 2.24. The minimum absolute atomic E-state index is 0.0966. The number of hydrogen-bond acceptors (Lipinski definition) is 5. The maximum atomic E-state index is 11.4. The number of carboxylic acids is 1. The summed E-state index contributed by atoms with van der Waals surface area (Å²) >= 11 is 0. The van der Waals surface area contributed by atoms with Crippen LogP contribution in [0.25, 0.3) is 11.4 Å². The van der Waals surface area contributed by atoms with Crippen molar-refractivity contribution < 1.29 is 14.6 Å². The van der Waals surface area contributed by atoms with E-state index in [0.717, 1.165) is 23.4 Å². The number of fused-ring (bicyclic) bond motifs is 1. The zero-order valence-electron chi connectivity index (χ0n) is 11.6. The summed E-state index contributed by atoms with van der Waals surface area (Å²) in [6.45, 7) is 1.31. The Morgan fingerprint density at radius 3 is 3.00 bits per heavy atom. The van der Waals surface area contributed by atoms with Crippen LogP contribution >= 0.6 is 0 Å². The predicted molar refractivity (Wildman–Crippen MR) is 76.4 cm³/mol. The fourth-order valence-corrected chi connectivity index (χ4v) is 2.43. The molecule has 0 saturated carbocycles. The van der Waals surface area contributed by atoms with Gasteiger partial charge in [-0.2, -0.15) is 0 Å². The topological polar surface area (TPSA) is 84.3 Å². The van der Waals surface area contributed by atoms with Gasteiger partial charge in [0.25, 0.3) is 0 Å². The maximum Gasteiger partial charge on any atom is 0.354 e. The number of ether oxygens (including phenoxy) is 1. The van der Waals surface area contributed by atoms with E-state index < -0.39 is 5.97 Å². The Morgan fingerprint density at radius 2 is 2.24 bits per heavy atom. The van der Waals surface area contributed by atoms with Crippen LogP contribution in [0.5, 0.6) is 5.75 Å². The largest absolute Gasteiger partial charge is 0.497 e. The number of carboxylic acid groups (broad SMARTS) is 1. The number of carbonyl (C=O) groups is 1. The van der Waals surface area contributed by atoms with Crippen LogP contribution in [-0.4, -0.2) is 34.7 Å². The van der Waals surface area contributed by atoms with Crippen molar-refractivity contribution in [2.24, 2.45) is 0 Å². The van der Waals surface area contributed by atoms with Gasteiger partial charge in [-0.25, -0.2) is 14.8 Å². The first-order valence-electron chi connectivity index (χ1n) is 6.67. The summed E-state index contributed by atoms with van der Waals surface area (Å²) in [5.41, 5.74) is 2.32. The van der Waals surface area contributed by atoms with Gasteiger partial charge in [0.15, 0.2) is 11.5 Å². The molecule has 0 atom stereocenters. The number of benzene rings is 1. The normalized spacial score (nSPS) is 13.6. The summed E-state index contributed by atoms with van der Waals surface area (Å²) in [4.78, 5) is 20.2. The Morgan fingerprint density at radius 1 is 1.38 bits per heavy atom. The summed E-state index contributed by atoms with van der Waals surface area (Å²) in [5, 5.41) is 12.6. The molecule has 0 bridgehead atoms. The van der Waals surface area contributed by atoms with Gasteiger partial charge in [0.1, 0.15) is 5.75 Å². The van der Waals surface area contributed by atoms with Crippen molar-refractivity contribution >= 4 is 5.97 Å². The molecule has 0 unspecified atom stereocenters. The van der Waals surface area contributed by atoms with Crippen LogP contribution < -0.4 is 10.1 Å². The molecule has 1 aliphatic heterocycles. The highest BCUT2D eigenvalue weighted by atomic mass is 16.5. The second kappa shape index (κ2) is 5.49. The fraction of sp³-hybridized carbons (Fsp3) is 0.267. The van der Waals surface area contributed by atoms with E-state index in [1.54, 1.807) is 13.2 Å². The lowest BCUT2D eigenvalue weighted by Crippen LogP contribution is -2.27. The minimum Gasteiger partial charge on any atom is -0.497 e. The number of aromatic nitrogens is 2. The average Bonchev–Trinajstić information content (AvgIpc) is 2.53. The minimum atomic E-state index is -1.01. The van der Waals surface area contributed by atoms with Crippen molar-refractivity contribution in [3.63, 3.8) is 0 Å². The molecule has 6 heteroatoms. The Balaban J connectivity index is 2.14. The van der Waals surface area contributed by atoms with Gasteiger partial charge in [-0.1, -0.05) is 12.1 Å².